The number of hydrogen-bond donors (Lipinski definition) is 6. The monoisotopic (exact) mass is 511 g/mol. The summed E-state index contributed by atoms with van der Waals surface area (Å²) < 4.78 is 14.9. The first-order valence-electron chi connectivity index (χ1n) is 12.4. The maximum Gasteiger partial charge on any atom is 0.276 e. The van der Waals surface area contributed by atoms with Gasteiger partial charge in [0, 0.05) is 42.1 Å². The number of halogens is 1. The number of nitrogens with one attached hydrogen (secondary N) is 4. The van der Waals surface area contributed by atoms with E-state index >= 15 is 0 Å². The molecule has 13 heteroatoms. The molecule has 12 nitrogen and oxygen atoms in total. The molecule has 0 bridgehead atoms. The highest BCUT2D eigenvalue weighted by atomic mass is 19.1. The molecule has 0 aliphatic heterocycles. The largest absolute Gasteiger partial charge is 0.394 e. The minimum atomic E-state index is -0.914. The fraction of sp³-hybridized carbons (Fsp3) is 0.458. The number of aromatic nitrogens is 4. The summed E-state index contributed by atoms with van der Waals surface area (Å²) in [6.45, 7) is -0.387. The van der Waals surface area contributed by atoms with Crippen molar-refractivity contribution < 1.29 is 19.1 Å². The van der Waals surface area contributed by atoms with Gasteiger partial charge in [0.05, 0.1) is 18.5 Å². The van der Waals surface area contributed by atoms with Gasteiger partial charge >= 0.3 is 0 Å². The smallest absolute Gasteiger partial charge is 0.276 e. The number of carbonyl (C=O) groups excluding carboxylic acids is 2. The number of nitrogens with zero attached hydrogens (tertiary/aromatic N) is 4. The Labute approximate surface area is 212 Å². The zero-order valence-corrected chi connectivity index (χ0v) is 20.2. The van der Waals surface area contributed by atoms with E-state index in [2.05, 4.69) is 36.3 Å². The Morgan fingerprint density at radius 3 is 2.49 bits per heavy atom. The molecule has 3 aromatic heterocycles. The first-order chi connectivity index (χ1) is 17.9. The van der Waals surface area contributed by atoms with Crippen LogP contribution in [0.15, 0.2) is 30.6 Å². The Bertz CT molecular complexity index is 1290. The lowest BCUT2D eigenvalue weighted by molar-refractivity contribution is -0.124. The molecule has 0 radical (unpaired) electrons. The molecule has 0 saturated heterocycles. The molecule has 7 N–H and O–H groups in total. The molecule has 196 valence electrons. The highest BCUT2D eigenvalue weighted by molar-refractivity contribution is 6.03. The lowest BCUT2D eigenvalue weighted by Gasteiger charge is -2.30. The van der Waals surface area contributed by atoms with E-state index in [1.54, 1.807) is 0 Å². The van der Waals surface area contributed by atoms with Gasteiger partial charge in [-0.2, -0.15) is 4.39 Å². The van der Waals surface area contributed by atoms with Crippen LogP contribution in [-0.4, -0.2) is 67.3 Å². The molecular weight excluding hydrogens is 481 g/mol. The van der Waals surface area contributed by atoms with Gasteiger partial charge in [0.25, 0.3) is 5.91 Å². The fourth-order valence-corrected chi connectivity index (χ4v) is 4.41. The molecule has 2 fully saturated rings. The maximum atomic E-state index is 13.5. The standard InChI is InChI=1S/C24H30FN9O3/c25-20-9-16(7-8-27-20)32-24(37)19-11-28-22-18(29-13-1-2-13)10-21(33-34(19)22)30-14-3-5-15(6-4-14)31-23(36)17(26)12-35/h7-11,13-15,17,29,35H,1-6,12,26H2,(H,30,33)(H,31,36)(H,27,32,37)/t14-,15-,17-/m1/s1. The van der Waals surface area contributed by atoms with Crippen LogP contribution in [0.2, 0.25) is 0 Å². The predicted octanol–water partition coefficient (Wildman–Crippen LogP) is 1.25. The van der Waals surface area contributed by atoms with Crippen molar-refractivity contribution in [3.8, 4) is 0 Å². The normalized spacial score (nSPS) is 20.3. The van der Waals surface area contributed by atoms with Crippen molar-refractivity contribution in [2.75, 3.05) is 22.6 Å². The van der Waals surface area contributed by atoms with Gasteiger partial charge in [-0.3, -0.25) is 9.59 Å². The van der Waals surface area contributed by atoms with E-state index in [1.165, 1.54) is 23.0 Å². The summed E-state index contributed by atoms with van der Waals surface area (Å²) in [5.74, 6) is -0.922. The minimum absolute atomic E-state index is 0.00709. The molecule has 0 spiro atoms. The van der Waals surface area contributed by atoms with Crippen LogP contribution in [0.4, 0.5) is 21.6 Å². The third-order valence-electron chi connectivity index (χ3n) is 6.58. The quantitative estimate of drug-likeness (QED) is 0.231. The van der Waals surface area contributed by atoms with Crippen molar-refractivity contribution in [2.45, 2.75) is 62.7 Å². The molecule has 3 aromatic rings. The number of rotatable bonds is 9. The summed E-state index contributed by atoms with van der Waals surface area (Å²) in [6.07, 6.45) is 7.98. The molecule has 0 unspecified atom stereocenters. The van der Waals surface area contributed by atoms with Crippen LogP contribution < -0.4 is 27.0 Å². The van der Waals surface area contributed by atoms with E-state index in [4.69, 9.17) is 10.8 Å². The van der Waals surface area contributed by atoms with Gasteiger partial charge in [-0.05, 0) is 44.6 Å². The van der Waals surface area contributed by atoms with Crippen LogP contribution in [0, 0.1) is 5.95 Å². The first-order valence-corrected chi connectivity index (χ1v) is 12.4. The average molecular weight is 512 g/mol. The average Bonchev–Trinajstić information content (AvgIpc) is 3.59. The van der Waals surface area contributed by atoms with Gasteiger partial charge in [-0.15, -0.1) is 5.10 Å². The second-order valence-electron chi connectivity index (χ2n) is 9.55. The molecule has 1 atom stereocenters. The number of fused-ring (bicyclic) bond motifs is 1. The second-order valence-corrected chi connectivity index (χ2v) is 9.55. The van der Waals surface area contributed by atoms with Crippen LogP contribution in [0.1, 0.15) is 49.0 Å². The maximum absolute atomic E-state index is 13.5. The number of carbonyl (C=O) groups is 2. The van der Waals surface area contributed by atoms with Crippen LogP contribution in [0.25, 0.3) is 5.65 Å². The van der Waals surface area contributed by atoms with Crippen LogP contribution in [-0.2, 0) is 4.79 Å². The van der Waals surface area contributed by atoms with Crippen molar-refractivity contribution in [1.29, 1.82) is 0 Å². The second kappa shape index (κ2) is 10.6. The van der Waals surface area contributed by atoms with Gasteiger partial charge < -0.3 is 32.1 Å². The number of aliphatic hydroxyl groups excluding tert-OH is 1. The summed E-state index contributed by atoms with van der Waals surface area (Å²) >= 11 is 0. The topological polar surface area (TPSA) is 172 Å². The third-order valence-corrected chi connectivity index (χ3v) is 6.58. The van der Waals surface area contributed by atoms with E-state index in [-0.39, 0.29) is 36.0 Å². The third kappa shape index (κ3) is 5.94. The van der Waals surface area contributed by atoms with Crippen LogP contribution in [0.5, 0.6) is 0 Å². The number of aliphatic hydroxyl groups is 1. The molecule has 3 heterocycles. The molecule has 2 saturated carbocycles. The van der Waals surface area contributed by atoms with E-state index in [0.29, 0.717) is 17.5 Å². The highest BCUT2D eigenvalue weighted by Crippen LogP contribution is 2.30. The summed E-state index contributed by atoms with van der Waals surface area (Å²) in [4.78, 5) is 32.9. The SMILES string of the molecule is N[C@H](CO)C(=O)N[C@H]1CC[C@H](Nc2cc(NC3CC3)c3ncc(C(=O)Nc4ccnc(F)c4)n3n2)CC1. The molecule has 5 rings (SSSR count). The van der Waals surface area contributed by atoms with Crippen molar-refractivity contribution >= 4 is 34.7 Å². The predicted molar refractivity (Wildman–Crippen MR) is 135 cm³/mol. The number of amides is 2. The Morgan fingerprint density at radius 2 is 1.78 bits per heavy atom. The number of nitrogens with two attached hydrogens (primary N) is 1. The molecule has 0 aromatic carbocycles. The minimum Gasteiger partial charge on any atom is -0.394 e. The summed E-state index contributed by atoms with van der Waals surface area (Å²) in [6, 6.07) is 4.11. The summed E-state index contributed by atoms with van der Waals surface area (Å²) in [7, 11) is 0. The van der Waals surface area contributed by atoms with Crippen LogP contribution in [0.3, 0.4) is 0 Å². The molecule has 2 aliphatic carbocycles. The zero-order valence-electron chi connectivity index (χ0n) is 20.2. The Morgan fingerprint density at radius 1 is 1.08 bits per heavy atom. The van der Waals surface area contributed by atoms with Crippen LogP contribution >= 0.6 is 0 Å². The highest BCUT2D eigenvalue weighted by Gasteiger charge is 2.27. The molecular formula is C24H30FN9O3. The van der Waals surface area contributed by atoms with Crippen molar-refractivity contribution in [3.63, 3.8) is 0 Å². The number of imidazole rings is 1. The van der Waals surface area contributed by atoms with E-state index in [0.717, 1.165) is 50.3 Å². The number of pyridine rings is 1. The van der Waals surface area contributed by atoms with Crippen molar-refractivity contribution in [1.82, 2.24) is 24.9 Å². The number of anilines is 3. The van der Waals surface area contributed by atoms with Gasteiger partial charge in [-0.25, -0.2) is 14.5 Å². The van der Waals surface area contributed by atoms with Gasteiger partial charge in [0.1, 0.15) is 11.9 Å². The zero-order chi connectivity index (χ0) is 25.9. The van der Waals surface area contributed by atoms with Gasteiger partial charge in [0.2, 0.25) is 11.9 Å². The van der Waals surface area contributed by atoms with Crippen molar-refractivity contribution in [2.24, 2.45) is 5.73 Å². The van der Waals surface area contributed by atoms with Gasteiger partial charge in [0.15, 0.2) is 11.3 Å². The fourth-order valence-electron chi connectivity index (χ4n) is 4.41. The lowest BCUT2D eigenvalue weighted by atomic mass is 9.91. The molecule has 2 aliphatic rings. The van der Waals surface area contributed by atoms with E-state index in [9.17, 15) is 14.0 Å². The van der Waals surface area contributed by atoms with Gasteiger partial charge in [-0.1, -0.05) is 0 Å². The Balaban J connectivity index is 1.31. The van der Waals surface area contributed by atoms with E-state index in [1.807, 2.05) is 6.07 Å². The summed E-state index contributed by atoms with van der Waals surface area (Å²) in [5.41, 5.74) is 7.38. The van der Waals surface area contributed by atoms with E-state index < -0.39 is 17.9 Å². The first kappa shape index (κ1) is 24.8. The summed E-state index contributed by atoms with van der Waals surface area (Å²) in [5, 5.41) is 26.2. The Kier molecular flexibility index (Phi) is 7.15. The van der Waals surface area contributed by atoms with Crippen molar-refractivity contribution in [3.05, 3.63) is 42.2 Å². The lowest BCUT2D eigenvalue weighted by Crippen LogP contribution is -2.48. The number of hydrogen-bond acceptors (Lipinski definition) is 9. The molecule has 2 amide bonds. The Hall–Kier alpha value is -3.84. The molecule has 37 heavy (non-hydrogen) atoms.